The van der Waals surface area contributed by atoms with Crippen molar-refractivity contribution in [2.75, 3.05) is 7.05 Å². The molecular weight excluding hydrogens is 283 g/mol. The van der Waals surface area contributed by atoms with E-state index in [-0.39, 0.29) is 12.0 Å². The molecule has 3 aromatic heterocycles. The van der Waals surface area contributed by atoms with Crippen LogP contribution in [0.5, 0.6) is 0 Å². The largest absolute Gasteiger partial charge is 0.345 e. The highest BCUT2D eigenvalue weighted by atomic mass is 19.1. The Bertz CT molecular complexity index is 824. The van der Waals surface area contributed by atoms with Crippen molar-refractivity contribution in [1.29, 1.82) is 0 Å². The molecule has 1 aliphatic carbocycles. The van der Waals surface area contributed by atoms with Gasteiger partial charge in [0.25, 0.3) is 0 Å². The van der Waals surface area contributed by atoms with Crippen LogP contribution in [0.15, 0.2) is 18.5 Å². The third kappa shape index (κ3) is 1.71. The highest BCUT2D eigenvalue weighted by Crippen LogP contribution is 2.48. The first kappa shape index (κ1) is 13.6. The van der Waals surface area contributed by atoms with Crippen molar-refractivity contribution in [1.82, 2.24) is 29.9 Å². The molecule has 7 heteroatoms. The summed E-state index contributed by atoms with van der Waals surface area (Å²) in [5, 5.41) is 11.5. The van der Waals surface area contributed by atoms with Gasteiger partial charge >= 0.3 is 0 Å². The van der Waals surface area contributed by atoms with E-state index in [1.165, 1.54) is 0 Å². The average Bonchev–Trinajstić information content (AvgIpc) is 3.22. The quantitative estimate of drug-likeness (QED) is 0.778. The zero-order chi connectivity index (χ0) is 15.3. The Balaban J connectivity index is 1.95. The van der Waals surface area contributed by atoms with Gasteiger partial charge in [0.05, 0.1) is 11.7 Å². The Morgan fingerprint density at radius 1 is 1.50 bits per heavy atom. The Kier molecular flexibility index (Phi) is 2.94. The number of hydrogen-bond donors (Lipinski definition) is 2. The summed E-state index contributed by atoms with van der Waals surface area (Å²) in [5.74, 6) is 0.346. The van der Waals surface area contributed by atoms with Crippen LogP contribution in [0.3, 0.4) is 0 Å². The van der Waals surface area contributed by atoms with Gasteiger partial charge in [-0.3, -0.25) is 4.40 Å². The molecule has 2 N–H and O–H groups in total. The lowest BCUT2D eigenvalue weighted by Gasteiger charge is -2.24. The summed E-state index contributed by atoms with van der Waals surface area (Å²) < 4.78 is 17.8. The van der Waals surface area contributed by atoms with Crippen molar-refractivity contribution in [3.05, 3.63) is 24.3 Å². The summed E-state index contributed by atoms with van der Waals surface area (Å²) in [6, 6.07) is 2.06. The minimum atomic E-state index is -1.46. The maximum Gasteiger partial charge on any atom is 0.180 e. The molecule has 22 heavy (non-hydrogen) atoms. The number of aromatic amines is 1. The molecule has 3 aromatic rings. The standard InChI is InChI=1S/C15H19FN6/c1-3-9-6-10(17-2)7-15(9,16)14-21-20-12-8-19-13-11(22(12)14)4-5-18-13/h4-5,8-10,17-18H,3,6-7H2,1-2H3/t9-,10+,15-/m0/s1. The number of halogens is 1. The van der Waals surface area contributed by atoms with Gasteiger partial charge in [-0.15, -0.1) is 10.2 Å². The number of nitrogens with zero attached hydrogens (tertiary/aromatic N) is 4. The smallest absolute Gasteiger partial charge is 0.180 e. The van der Waals surface area contributed by atoms with E-state index >= 15 is 4.39 Å². The third-order valence-electron chi connectivity index (χ3n) is 4.97. The predicted molar refractivity (Wildman–Crippen MR) is 81.3 cm³/mol. The molecule has 0 unspecified atom stereocenters. The van der Waals surface area contributed by atoms with Gasteiger partial charge in [0.2, 0.25) is 0 Å². The predicted octanol–water partition coefficient (Wildman–Crippen LogP) is 2.18. The van der Waals surface area contributed by atoms with E-state index in [1.54, 1.807) is 16.8 Å². The van der Waals surface area contributed by atoms with Crippen molar-refractivity contribution in [3.8, 4) is 0 Å². The van der Waals surface area contributed by atoms with Crippen LogP contribution in [-0.2, 0) is 5.67 Å². The fourth-order valence-electron chi connectivity index (χ4n) is 3.77. The van der Waals surface area contributed by atoms with Gasteiger partial charge in [-0.1, -0.05) is 6.92 Å². The van der Waals surface area contributed by atoms with E-state index in [1.807, 2.05) is 20.0 Å². The van der Waals surface area contributed by atoms with Gasteiger partial charge in [-0.25, -0.2) is 9.37 Å². The zero-order valence-corrected chi connectivity index (χ0v) is 12.7. The number of H-pyrrole nitrogens is 1. The van der Waals surface area contributed by atoms with E-state index in [9.17, 15) is 0 Å². The maximum absolute atomic E-state index is 16.0. The second-order valence-corrected chi connectivity index (χ2v) is 6.08. The highest BCUT2D eigenvalue weighted by Gasteiger charge is 2.51. The zero-order valence-electron chi connectivity index (χ0n) is 12.7. The maximum atomic E-state index is 16.0. The number of fused-ring (bicyclic) bond motifs is 3. The molecule has 116 valence electrons. The first-order valence-electron chi connectivity index (χ1n) is 7.71. The van der Waals surface area contributed by atoms with Gasteiger partial charge in [0.15, 0.2) is 22.8 Å². The molecule has 0 spiro atoms. The van der Waals surface area contributed by atoms with E-state index in [0.29, 0.717) is 23.5 Å². The van der Waals surface area contributed by atoms with Crippen molar-refractivity contribution in [2.24, 2.45) is 5.92 Å². The molecule has 4 rings (SSSR count). The lowest BCUT2D eigenvalue weighted by atomic mass is 9.89. The summed E-state index contributed by atoms with van der Waals surface area (Å²) >= 11 is 0. The van der Waals surface area contributed by atoms with Crippen molar-refractivity contribution in [2.45, 2.75) is 37.9 Å². The SMILES string of the molecule is CC[C@H]1C[C@@H](NC)C[C@@]1(F)c1nnc2cnc3[nH]ccc3n12. The Morgan fingerprint density at radius 3 is 3.14 bits per heavy atom. The second-order valence-electron chi connectivity index (χ2n) is 6.08. The van der Waals surface area contributed by atoms with Gasteiger partial charge in [0, 0.05) is 24.6 Å². The summed E-state index contributed by atoms with van der Waals surface area (Å²) in [6.45, 7) is 2.04. The van der Waals surface area contributed by atoms with Crippen LogP contribution in [0.25, 0.3) is 16.8 Å². The molecule has 1 fully saturated rings. The van der Waals surface area contributed by atoms with Crippen molar-refractivity contribution < 1.29 is 4.39 Å². The molecule has 1 saturated carbocycles. The Hall–Kier alpha value is -2.02. The summed E-state index contributed by atoms with van der Waals surface area (Å²) in [7, 11) is 1.89. The number of aromatic nitrogens is 5. The van der Waals surface area contributed by atoms with Crippen LogP contribution in [0.4, 0.5) is 4.39 Å². The average molecular weight is 302 g/mol. The monoisotopic (exact) mass is 302 g/mol. The second kappa shape index (κ2) is 4.74. The topological polar surface area (TPSA) is 70.9 Å². The molecule has 1 aliphatic rings. The van der Waals surface area contributed by atoms with E-state index in [4.69, 9.17) is 0 Å². The van der Waals surface area contributed by atoms with Crippen LogP contribution in [0, 0.1) is 5.92 Å². The van der Waals surface area contributed by atoms with E-state index < -0.39 is 5.67 Å². The molecule has 6 nitrogen and oxygen atoms in total. The Labute approximate surface area is 127 Å². The van der Waals surface area contributed by atoms with Gasteiger partial charge < -0.3 is 10.3 Å². The summed E-state index contributed by atoms with van der Waals surface area (Å²) in [6.07, 6.45) is 5.46. The fraction of sp³-hybridized carbons (Fsp3) is 0.533. The lowest BCUT2D eigenvalue weighted by molar-refractivity contribution is 0.0924. The first-order chi connectivity index (χ1) is 10.7. The van der Waals surface area contributed by atoms with Crippen LogP contribution in [0.2, 0.25) is 0 Å². The third-order valence-corrected chi connectivity index (χ3v) is 4.97. The number of hydrogen-bond acceptors (Lipinski definition) is 4. The summed E-state index contributed by atoms with van der Waals surface area (Å²) in [5.41, 5.74) is 0.653. The molecule has 3 atom stereocenters. The molecule has 0 aromatic carbocycles. The molecule has 3 heterocycles. The van der Waals surface area contributed by atoms with Gasteiger partial charge in [-0.05, 0) is 26.0 Å². The summed E-state index contributed by atoms with van der Waals surface area (Å²) in [4.78, 5) is 7.34. The van der Waals surface area contributed by atoms with Crippen molar-refractivity contribution in [3.63, 3.8) is 0 Å². The van der Waals surface area contributed by atoms with E-state index in [2.05, 4.69) is 25.5 Å². The van der Waals surface area contributed by atoms with Crippen LogP contribution < -0.4 is 5.32 Å². The van der Waals surface area contributed by atoms with E-state index in [0.717, 1.165) is 18.4 Å². The van der Waals surface area contributed by atoms with Crippen LogP contribution in [0.1, 0.15) is 32.0 Å². The normalized spacial score (nSPS) is 28.9. The minimum absolute atomic E-state index is 0.0560. The number of alkyl halides is 1. The van der Waals surface area contributed by atoms with Crippen molar-refractivity contribution >= 4 is 16.8 Å². The van der Waals surface area contributed by atoms with Crippen LogP contribution in [-0.4, -0.2) is 37.7 Å². The molecular formula is C15H19FN6. The van der Waals surface area contributed by atoms with Gasteiger partial charge in [0.1, 0.15) is 0 Å². The number of nitrogens with one attached hydrogen (secondary N) is 2. The van der Waals surface area contributed by atoms with Crippen LogP contribution >= 0.6 is 0 Å². The first-order valence-corrected chi connectivity index (χ1v) is 7.71. The Morgan fingerprint density at radius 2 is 2.36 bits per heavy atom. The number of rotatable bonds is 3. The molecule has 0 radical (unpaired) electrons. The minimum Gasteiger partial charge on any atom is -0.345 e. The van der Waals surface area contributed by atoms with Gasteiger partial charge in [-0.2, -0.15) is 0 Å². The molecule has 0 amide bonds. The highest BCUT2D eigenvalue weighted by molar-refractivity contribution is 5.74. The lowest BCUT2D eigenvalue weighted by Crippen LogP contribution is -2.29. The molecule has 0 aliphatic heterocycles. The molecule has 0 bridgehead atoms. The molecule has 0 saturated heterocycles. The fourth-order valence-corrected chi connectivity index (χ4v) is 3.77.